The third-order valence-corrected chi connectivity index (χ3v) is 3.29. The van der Waals surface area contributed by atoms with E-state index in [9.17, 15) is 0 Å². The zero-order valence-corrected chi connectivity index (χ0v) is 11.2. The van der Waals surface area contributed by atoms with Crippen LogP contribution < -0.4 is 15.6 Å². The van der Waals surface area contributed by atoms with Gasteiger partial charge in [0.05, 0.1) is 18.5 Å². The van der Waals surface area contributed by atoms with Crippen LogP contribution >= 0.6 is 0 Å². The van der Waals surface area contributed by atoms with Crippen molar-refractivity contribution in [3.8, 4) is 5.75 Å². The smallest absolute Gasteiger partial charge is 0.226 e. The summed E-state index contributed by atoms with van der Waals surface area (Å²) in [5.74, 6) is 1.66. The SMILES string of the molecule is COc1ccc(C2=C(C)NNc3nccn32)c(C)c1. The molecule has 0 saturated carbocycles. The number of nitrogens with one attached hydrogen (secondary N) is 2. The first-order valence-corrected chi connectivity index (χ1v) is 6.12. The highest BCUT2D eigenvalue weighted by Crippen LogP contribution is 2.30. The number of imidazole rings is 1. The molecular formula is C14H16N4O. The third-order valence-electron chi connectivity index (χ3n) is 3.29. The number of fused-ring (bicyclic) bond motifs is 1. The minimum atomic E-state index is 0.788. The number of methoxy groups -OCH3 is 1. The van der Waals surface area contributed by atoms with Gasteiger partial charge >= 0.3 is 0 Å². The lowest BCUT2D eigenvalue weighted by Crippen LogP contribution is -2.29. The number of aromatic nitrogens is 2. The fourth-order valence-electron chi connectivity index (χ4n) is 2.33. The molecule has 19 heavy (non-hydrogen) atoms. The second-order valence-electron chi connectivity index (χ2n) is 4.53. The fourth-order valence-corrected chi connectivity index (χ4v) is 2.33. The van der Waals surface area contributed by atoms with Crippen molar-refractivity contribution in [2.24, 2.45) is 0 Å². The van der Waals surface area contributed by atoms with E-state index in [4.69, 9.17) is 4.74 Å². The van der Waals surface area contributed by atoms with Crippen molar-refractivity contribution in [2.75, 3.05) is 12.5 Å². The summed E-state index contributed by atoms with van der Waals surface area (Å²) in [6.45, 7) is 4.12. The zero-order chi connectivity index (χ0) is 13.4. The molecule has 2 N–H and O–H groups in total. The normalized spacial score (nSPS) is 13.6. The summed E-state index contributed by atoms with van der Waals surface area (Å²) >= 11 is 0. The fraction of sp³-hybridized carbons (Fsp3) is 0.214. The molecule has 0 fully saturated rings. The largest absolute Gasteiger partial charge is 0.497 e. The Kier molecular flexibility index (Phi) is 2.67. The molecule has 0 aliphatic carbocycles. The van der Waals surface area contributed by atoms with Gasteiger partial charge in [0, 0.05) is 18.0 Å². The summed E-state index contributed by atoms with van der Waals surface area (Å²) in [6.07, 6.45) is 3.73. The number of anilines is 1. The van der Waals surface area contributed by atoms with Gasteiger partial charge in [-0.2, -0.15) is 0 Å². The van der Waals surface area contributed by atoms with Crippen LogP contribution in [-0.2, 0) is 0 Å². The van der Waals surface area contributed by atoms with Crippen molar-refractivity contribution >= 4 is 11.6 Å². The van der Waals surface area contributed by atoms with Crippen molar-refractivity contribution in [1.82, 2.24) is 15.0 Å². The van der Waals surface area contributed by atoms with E-state index in [0.717, 1.165) is 34.2 Å². The van der Waals surface area contributed by atoms with Gasteiger partial charge < -0.3 is 10.2 Å². The average molecular weight is 256 g/mol. The summed E-state index contributed by atoms with van der Waals surface area (Å²) in [7, 11) is 1.68. The molecule has 0 bridgehead atoms. The Labute approximate surface area is 111 Å². The lowest BCUT2D eigenvalue weighted by atomic mass is 10.0. The van der Waals surface area contributed by atoms with Gasteiger partial charge in [0.1, 0.15) is 5.75 Å². The third kappa shape index (κ3) is 1.83. The van der Waals surface area contributed by atoms with Crippen LogP contribution in [0.25, 0.3) is 5.70 Å². The highest BCUT2D eigenvalue weighted by Gasteiger charge is 2.18. The molecule has 0 saturated heterocycles. The van der Waals surface area contributed by atoms with Gasteiger partial charge in [-0.3, -0.25) is 9.99 Å². The summed E-state index contributed by atoms with van der Waals surface area (Å²) in [5, 5.41) is 0. The van der Waals surface area contributed by atoms with E-state index in [1.807, 2.05) is 29.8 Å². The van der Waals surface area contributed by atoms with Gasteiger partial charge in [0.2, 0.25) is 5.95 Å². The molecule has 1 aromatic carbocycles. The van der Waals surface area contributed by atoms with E-state index in [1.54, 1.807) is 13.3 Å². The molecule has 0 unspecified atom stereocenters. The Morgan fingerprint density at radius 3 is 2.79 bits per heavy atom. The molecule has 0 radical (unpaired) electrons. The molecule has 3 rings (SSSR count). The van der Waals surface area contributed by atoms with Gasteiger partial charge in [-0.1, -0.05) is 0 Å². The number of hydrogen-bond donors (Lipinski definition) is 2. The second kappa shape index (κ2) is 4.35. The number of benzene rings is 1. The van der Waals surface area contributed by atoms with Gasteiger partial charge in [-0.25, -0.2) is 4.98 Å². The van der Waals surface area contributed by atoms with Gasteiger partial charge in [0.15, 0.2) is 0 Å². The Morgan fingerprint density at radius 2 is 2.05 bits per heavy atom. The number of ether oxygens (including phenoxy) is 1. The number of rotatable bonds is 2. The van der Waals surface area contributed by atoms with Crippen molar-refractivity contribution < 1.29 is 4.74 Å². The molecule has 1 aliphatic heterocycles. The number of nitrogens with zero attached hydrogens (tertiary/aromatic N) is 2. The lowest BCUT2D eigenvalue weighted by Gasteiger charge is -2.24. The van der Waals surface area contributed by atoms with Crippen molar-refractivity contribution in [1.29, 1.82) is 0 Å². The molecule has 5 heteroatoms. The van der Waals surface area contributed by atoms with Crippen LogP contribution in [0.2, 0.25) is 0 Å². The maximum absolute atomic E-state index is 5.26. The molecule has 5 nitrogen and oxygen atoms in total. The molecule has 2 heterocycles. The first-order chi connectivity index (χ1) is 9.20. The minimum Gasteiger partial charge on any atom is -0.497 e. The molecular weight excluding hydrogens is 240 g/mol. The van der Waals surface area contributed by atoms with Gasteiger partial charge in [0.25, 0.3) is 0 Å². The highest BCUT2D eigenvalue weighted by atomic mass is 16.5. The molecule has 0 atom stereocenters. The van der Waals surface area contributed by atoms with Crippen LogP contribution in [0.15, 0.2) is 36.3 Å². The standard InChI is InChI=1S/C14H16N4O/c1-9-8-11(19-3)4-5-12(9)13-10(2)16-17-14-15-6-7-18(13)14/h4-8,16H,1-3H3,(H,15,17). The number of hydrogen-bond acceptors (Lipinski definition) is 4. The van der Waals surface area contributed by atoms with Crippen LogP contribution in [-0.4, -0.2) is 16.7 Å². The lowest BCUT2D eigenvalue weighted by molar-refractivity contribution is 0.414. The Hall–Kier alpha value is -2.43. The van der Waals surface area contributed by atoms with Crippen LogP contribution in [0, 0.1) is 6.92 Å². The van der Waals surface area contributed by atoms with E-state index >= 15 is 0 Å². The van der Waals surface area contributed by atoms with Crippen LogP contribution in [0.1, 0.15) is 18.1 Å². The first kappa shape index (κ1) is 11.6. The van der Waals surface area contributed by atoms with Crippen molar-refractivity contribution in [2.45, 2.75) is 13.8 Å². The quantitative estimate of drug-likeness (QED) is 0.866. The average Bonchev–Trinajstić information content (AvgIpc) is 2.88. The van der Waals surface area contributed by atoms with E-state index in [1.165, 1.54) is 0 Å². The van der Waals surface area contributed by atoms with Crippen LogP contribution in [0.4, 0.5) is 5.95 Å². The topological polar surface area (TPSA) is 51.1 Å². The van der Waals surface area contributed by atoms with E-state index in [-0.39, 0.29) is 0 Å². The van der Waals surface area contributed by atoms with E-state index < -0.39 is 0 Å². The van der Waals surface area contributed by atoms with Crippen LogP contribution in [0.5, 0.6) is 5.75 Å². The Balaban J connectivity index is 2.16. The predicted molar refractivity (Wildman–Crippen MR) is 74.7 cm³/mol. The molecule has 2 aromatic rings. The number of hydrazine groups is 1. The summed E-state index contributed by atoms with van der Waals surface area (Å²) in [5.41, 5.74) is 10.7. The Bertz CT molecular complexity index is 657. The van der Waals surface area contributed by atoms with E-state index in [2.05, 4.69) is 28.8 Å². The maximum atomic E-state index is 5.26. The monoisotopic (exact) mass is 256 g/mol. The summed E-state index contributed by atoms with van der Waals surface area (Å²) in [6, 6.07) is 6.08. The summed E-state index contributed by atoms with van der Waals surface area (Å²) in [4.78, 5) is 4.26. The molecule has 1 aromatic heterocycles. The van der Waals surface area contributed by atoms with Gasteiger partial charge in [-0.15, -0.1) is 0 Å². The van der Waals surface area contributed by atoms with Crippen LogP contribution in [0.3, 0.4) is 0 Å². The number of allylic oxidation sites excluding steroid dienone is 1. The maximum Gasteiger partial charge on any atom is 0.226 e. The Morgan fingerprint density at radius 1 is 1.21 bits per heavy atom. The minimum absolute atomic E-state index is 0.788. The summed E-state index contributed by atoms with van der Waals surface area (Å²) < 4.78 is 7.30. The van der Waals surface area contributed by atoms with Crippen molar-refractivity contribution in [3.05, 3.63) is 47.4 Å². The molecule has 1 aliphatic rings. The zero-order valence-electron chi connectivity index (χ0n) is 11.2. The second-order valence-corrected chi connectivity index (χ2v) is 4.53. The molecule has 98 valence electrons. The number of aryl methyl sites for hydroxylation is 1. The highest BCUT2D eigenvalue weighted by molar-refractivity contribution is 5.75. The van der Waals surface area contributed by atoms with E-state index in [0.29, 0.717) is 0 Å². The predicted octanol–water partition coefficient (Wildman–Crippen LogP) is 2.37. The molecule has 0 amide bonds. The first-order valence-electron chi connectivity index (χ1n) is 6.12. The van der Waals surface area contributed by atoms with Gasteiger partial charge in [-0.05, 0) is 37.6 Å². The molecule has 0 spiro atoms. The van der Waals surface area contributed by atoms with Crippen molar-refractivity contribution in [3.63, 3.8) is 0 Å².